The molecule has 1 N–H and O–H groups in total. The van der Waals surface area contributed by atoms with Crippen LogP contribution in [0.4, 0.5) is 5.69 Å². The summed E-state index contributed by atoms with van der Waals surface area (Å²) in [5.74, 6) is -0.453. The lowest BCUT2D eigenvalue weighted by molar-refractivity contribution is -0.385. The first-order chi connectivity index (χ1) is 13.1. The summed E-state index contributed by atoms with van der Waals surface area (Å²) in [6, 6.07) is 17.2. The zero-order valence-electron chi connectivity index (χ0n) is 14.5. The molecule has 0 aliphatic carbocycles. The number of carbonyl (C=O) groups excluding carboxylic acids is 1. The van der Waals surface area contributed by atoms with Gasteiger partial charge in [-0.1, -0.05) is 30.3 Å². The van der Waals surface area contributed by atoms with Crippen LogP contribution in [0.2, 0.25) is 0 Å². The van der Waals surface area contributed by atoms with Gasteiger partial charge in [0.1, 0.15) is 0 Å². The van der Waals surface area contributed by atoms with Crippen LogP contribution in [0, 0.1) is 17.0 Å². The molecule has 0 saturated carbocycles. The summed E-state index contributed by atoms with van der Waals surface area (Å²) >= 11 is 0. The number of hydrogen-bond donors (Lipinski definition) is 1. The number of carbonyl (C=O) groups is 1. The summed E-state index contributed by atoms with van der Waals surface area (Å²) in [4.78, 5) is 27.0. The van der Waals surface area contributed by atoms with Crippen molar-refractivity contribution >= 4 is 17.3 Å². The normalized spacial score (nSPS) is 11.1. The molecule has 0 aliphatic heterocycles. The van der Waals surface area contributed by atoms with E-state index in [0.717, 1.165) is 11.1 Å². The molecule has 0 bridgehead atoms. The minimum absolute atomic E-state index is 0.0321. The molecule has 134 valence electrons. The molecule has 0 unspecified atom stereocenters. The first-order valence-electron chi connectivity index (χ1n) is 8.15. The Balaban J connectivity index is 1.90. The number of nitrogens with one attached hydrogen (secondary N) is 1. The van der Waals surface area contributed by atoms with Gasteiger partial charge in [-0.15, -0.1) is 0 Å². The van der Waals surface area contributed by atoms with Gasteiger partial charge >= 0.3 is 0 Å². The van der Waals surface area contributed by atoms with Crippen molar-refractivity contribution in [3.8, 4) is 0 Å². The number of nitro benzene ring substituents is 1. The summed E-state index contributed by atoms with van der Waals surface area (Å²) < 4.78 is 0. The number of amides is 1. The first-order valence-corrected chi connectivity index (χ1v) is 8.15. The van der Waals surface area contributed by atoms with Gasteiger partial charge in [0.05, 0.1) is 10.6 Å². The Morgan fingerprint density at radius 3 is 2.41 bits per heavy atom. The van der Waals surface area contributed by atoms with Crippen molar-refractivity contribution in [2.45, 2.75) is 6.92 Å². The van der Waals surface area contributed by atoms with Crippen LogP contribution < -0.4 is 5.43 Å². The fourth-order valence-electron chi connectivity index (χ4n) is 2.57. The maximum atomic E-state index is 12.4. The van der Waals surface area contributed by atoms with Gasteiger partial charge in [0.25, 0.3) is 11.6 Å². The molecule has 7 heteroatoms. The molecule has 3 aromatic rings. The summed E-state index contributed by atoms with van der Waals surface area (Å²) in [6.45, 7) is 1.59. The van der Waals surface area contributed by atoms with Gasteiger partial charge in [0.2, 0.25) is 0 Å². The lowest BCUT2D eigenvalue weighted by Gasteiger charge is -2.08. The average Bonchev–Trinajstić information content (AvgIpc) is 2.69. The van der Waals surface area contributed by atoms with Crippen LogP contribution in [0.25, 0.3) is 0 Å². The summed E-state index contributed by atoms with van der Waals surface area (Å²) in [5.41, 5.74) is 5.34. The highest BCUT2D eigenvalue weighted by Gasteiger charge is 2.14. The molecule has 27 heavy (non-hydrogen) atoms. The van der Waals surface area contributed by atoms with Crippen LogP contribution in [-0.4, -0.2) is 21.5 Å². The molecule has 3 rings (SSSR count). The number of nitro groups is 1. The quantitative estimate of drug-likeness (QED) is 0.428. The fourth-order valence-corrected chi connectivity index (χ4v) is 2.57. The molecule has 1 heterocycles. The predicted molar refractivity (Wildman–Crippen MR) is 102 cm³/mol. The number of aromatic nitrogens is 1. The van der Waals surface area contributed by atoms with Gasteiger partial charge in [-0.2, -0.15) is 5.10 Å². The van der Waals surface area contributed by atoms with E-state index in [2.05, 4.69) is 15.5 Å². The van der Waals surface area contributed by atoms with Gasteiger partial charge in [-0.25, -0.2) is 5.43 Å². The summed E-state index contributed by atoms with van der Waals surface area (Å²) in [5, 5.41) is 15.2. The van der Waals surface area contributed by atoms with Crippen molar-refractivity contribution in [3.05, 3.63) is 105 Å². The second-order valence-corrected chi connectivity index (χ2v) is 5.77. The summed E-state index contributed by atoms with van der Waals surface area (Å²) in [6.07, 6.45) is 3.32. The van der Waals surface area contributed by atoms with Gasteiger partial charge in [0, 0.05) is 40.7 Å². The molecule has 2 aromatic carbocycles. The highest BCUT2D eigenvalue weighted by molar-refractivity contribution is 6.13. The molecule has 0 atom stereocenters. The Bertz CT molecular complexity index is 961. The monoisotopic (exact) mass is 360 g/mol. The van der Waals surface area contributed by atoms with Crippen molar-refractivity contribution in [1.82, 2.24) is 10.4 Å². The van der Waals surface area contributed by atoms with E-state index in [1.54, 1.807) is 25.4 Å². The predicted octanol–water partition coefficient (Wildman–Crippen LogP) is 3.48. The minimum atomic E-state index is -0.481. The third-order valence-electron chi connectivity index (χ3n) is 3.91. The van der Waals surface area contributed by atoms with E-state index in [4.69, 9.17) is 0 Å². The van der Waals surface area contributed by atoms with Crippen LogP contribution in [-0.2, 0) is 0 Å². The minimum Gasteiger partial charge on any atom is -0.267 e. The van der Waals surface area contributed by atoms with Crippen LogP contribution in [0.15, 0.2) is 78.2 Å². The Morgan fingerprint density at radius 2 is 1.78 bits per heavy atom. The standard InChI is InChI=1S/C20H16N4O3/c1-14-12-16(9-10-18(14)24(26)27)20(25)23-22-19(15-6-3-2-4-7-15)17-8-5-11-21-13-17/h2-13H,1H3,(H,23,25)/b22-19+. The maximum absolute atomic E-state index is 12.4. The van der Waals surface area contributed by atoms with E-state index >= 15 is 0 Å². The van der Waals surface area contributed by atoms with Crippen LogP contribution >= 0.6 is 0 Å². The van der Waals surface area contributed by atoms with Crippen LogP contribution in [0.1, 0.15) is 27.0 Å². The van der Waals surface area contributed by atoms with Crippen molar-refractivity contribution in [2.24, 2.45) is 5.10 Å². The molecule has 1 aromatic heterocycles. The van der Waals surface area contributed by atoms with E-state index in [9.17, 15) is 14.9 Å². The molecule has 1 amide bonds. The van der Waals surface area contributed by atoms with Crippen LogP contribution in [0.3, 0.4) is 0 Å². The number of nitrogens with zero attached hydrogens (tertiary/aromatic N) is 3. The first kappa shape index (κ1) is 17.9. The Kier molecular flexibility index (Phi) is 5.32. The SMILES string of the molecule is Cc1cc(C(=O)N/N=C(\c2ccccc2)c2cccnc2)ccc1[N+](=O)[O-]. The Morgan fingerprint density at radius 1 is 1.04 bits per heavy atom. The smallest absolute Gasteiger partial charge is 0.267 e. The molecule has 0 radical (unpaired) electrons. The third kappa shape index (κ3) is 4.21. The molecule has 0 spiro atoms. The Hall–Kier alpha value is -3.87. The highest BCUT2D eigenvalue weighted by atomic mass is 16.6. The van der Waals surface area contributed by atoms with Gasteiger partial charge in [-0.3, -0.25) is 19.9 Å². The van der Waals surface area contributed by atoms with Crippen LogP contribution in [0.5, 0.6) is 0 Å². The topological polar surface area (TPSA) is 97.5 Å². The zero-order valence-corrected chi connectivity index (χ0v) is 14.5. The Labute approximate surface area is 155 Å². The second-order valence-electron chi connectivity index (χ2n) is 5.77. The van der Waals surface area contributed by atoms with Gasteiger partial charge < -0.3 is 0 Å². The van der Waals surface area contributed by atoms with Crippen molar-refractivity contribution in [1.29, 1.82) is 0 Å². The molecular weight excluding hydrogens is 344 g/mol. The second kappa shape index (κ2) is 8.01. The number of aryl methyl sites for hydroxylation is 1. The molecule has 0 fully saturated rings. The average molecular weight is 360 g/mol. The highest BCUT2D eigenvalue weighted by Crippen LogP contribution is 2.18. The van der Waals surface area contributed by atoms with Crippen molar-refractivity contribution in [3.63, 3.8) is 0 Å². The van der Waals surface area contributed by atoms with E-state index in [-0.39, 0.29) is 5.69 Å². The maximum Gasteiger partial charge on any atom is 0.272 e. The molecular formula is C20H16N4O3. The number of hydrazone groups is 1. The lowest BCUT2D eigenvalue weighted by atomic mass is 10.0. The molecule has 0 saturated heterocycles. The van der Waals surface area contributed by atoms with Gasteiger partial charge in [0.15, 0.2) is 0 Å². The number of pyridine rings is 1. The number of benzene rings is 2. The molecule has 7 nitrogen and oxygen atoms in total. The third-order valence-corrected chi connectivity index (χ3v) is 3.91. The zero-order chi connectivity index (χ0) is 19.2. The summed E-state index contributed by atoms with van der Waals surface area (Å²) in [7, 11) is 0. The fraction of sp³-hybridized carbons (Fsp3) is 0.0500. The van der Waals surface area contributed by atoms with Crippen molar-refractivity contribution < 1.29 is 9.72 Å². The molecule has 0 aliphatic rings. The number of hydrogen-bond acceptors (Lipinski definition) is 5. The van der Waals surface area contributed by atoms with Gasteiger partial charge in [-0.05, 0) is 31.2 Å². The van der Waals surface area contributed by atoms with Crippen molar-refractivity contribution in [2.75, 3.05) is 0 Å². The number of rotatable bonds is 5. The van der Waals surface area contributed by atoms with E-state index in [1.165, 1.54) is 18.2 Å². The lowest BCUT2D eigenvalue weighted by Crippen LogP contribution is -2.21. The van der Waals surface area contributed by atoms with E-state index < -0.39 is 10.8 Å². The van der Waals surface area contributed by atoms with E-state index in [0.29, 0.717) is 16.8 Å². The van der Waals surface area contributed by atoms with E-state index in [1.807, 2.05) is 36.4 Å². The largest absolute Gasteiger partial charge is 0.272 e.